The van der Waals surface area contributed by atoms with Gasteiger partial charge in [-0.1, -0.05) is 31.2 Å². The topological polar surface area (TPSA) is 112 Å². The van der Waals surface area contributed by atoms with E-state index in [0.29, 0.717) is 12.1 Å². The zero-order valence-electron chi connectivity index (χ0n) is 16.4. The molecule has 7 nitrogen and oxygen atoms in total. The molecule has 0 saturated heterocycles. The highest BCUT2D eigenvalue weighted by Gasteiger charge is 2.19. The number of carbonyl (C=O) groups is 1. The van der Waals surface area contributed by atoms with Gasteiger partial charge in [-0.25, -0.2) is 9.19 Å². The molecule has 0 fully saturated rings. The zero-order valence-corrected chi connectivity index (χ0v) is 18.0. The minimum Gasteiger partial charge on any atom is -0.508 e. The van der Waals surface area contributed by atoms with Crippen LogP contribution < -0.4 is 10.0 Å². The predicted molar refractivity (Wildman–Crippen MR) is 119 cm³/mol. The van der Waals surface area contributed by atoms with Gasteiger partial charge in [0.1, 0.15) is 10.8 Å². The lowest BCUT2D eigenvalue weighted by Crippen LogP contribution is -2.31. The first kappa shape index (κ1) is 21.9. The summed E-state index contributed by atoms with van der Waals surface area (Å²) < 4.78 is 22.2. The number of phenolic OH excluding ortho intramolecular Hbond substituents is 1. The van der Waals surface area contributed by atoms with Crippen molar-refractivity contribution in [2.75, 3.05) is 4.72 Å². The van der Waals surface area contributed by atoms with E-state index in [1.54, 1.807) is 36.4 Å². The normalized spacial score (nSPS) is 12.9. The molecule has 1 amide bonds. The lowest BCUT2D eigenvalue weighted by atomic mass is 10.0. The molecule has 30 heavy (non-hydrogen) atoms. The summed E-state index contributed by atoms with van der Waals surface area (Å²) in [4.78, 5) is 17.3. The Kier molecular flexibility index (Phi) is 7.56. The number of amides is 1. The van der Waals surface area contributed by atoms with Gasteiger partial charge in [-0.05, 0) is 48.2 Å². The maximum atomic E-state index is 12.7. The molecule has 3 aromatic rings. The third-order valence-corrected chi connectivity index (χ3v) is 5.86. The van der Waals surface area contributed by atoms with Gasteiger partial charge >= 0.3 is 0 Å². The van der Waals surface area contributed by atoms with Gasteiger partial charge in [0, 0.05) is 11.1 Å². The number of hydrogen-bond acceptors (Lipinski definition) is 5. The smallest absolute Gasteiger partial charge is 0.259 e. The Morgan fingerprint density at radius 2 is 1.97 bits per heavy atom. The number of nitrogens with zero attached hydrogens (tertiary/aromatic N) is 1. The molecule has 1 unspecified atom stereocenters. The van der Waals surface area contributed by atoms with Crippen LogP contribution in [0.3, 0.4) is 0 Å². The Morgan fingerprint density at radius 3 is 2.60 bits per heavy atom. The lowest BCUT2D eigenvalue weighted by molar-refractivity contribution is -0.121. The van der Waals surface area contributed by atoms with Gasteiger partial charge in [-0.3, -0.25) is 14.1 Å². The van der Waals surface area contributed by atoms with Crippen LogP contribution in [-0.4, -0.2) is 24.8 Å². The van der Waals surface area contributed by atoms with Gasteiger partial charge in [-0.2, -0.15) is 0 Å². The van der Waals surface area contributed by atoms with E-state index in [9.17, 15) is 14.1 Å². The van der Waals surface area contributed by atoms with Crippen molar-refractivity contribution >= 4 is 34.2 Å². The number of rotatable bonds is 9. The molecule has 158 valence electrons. The zero-order chi connectivity index (χ0) is 21.5. The first-order valence-corrected chi connectivity index (χ1v) is 11.4. The summed E-state index contributed by atoms with van der Waals surface area (Å²) in [6.45, 7) is 2.03. The molecule has 0 aliphatic rings. The summed E-state index contributed by atoms with van der Waals surface area (Å²) >= 11 is -0.612. The van der Waals surface area contributed by atoms with E-state index in [-0.39, 0.29) is 24.1 Å². The Hall–Kier alpha value is -2.75. The largest absolute Gasteiger partial charge is 0.508 e. The maximum absolute atomic E-state index is 12.7. The SMILES string of the molecule is CCc1csc([C@H](Cc2ccc(NS(=O)O)cc2)NC(=O)Cc2cccc(O)c2)n1. The van der Waals surface area contributed by atoms with Crippen molar-refractivity contribution in [3.63, 3.8) is 0 Å². The van der Waals surface area contributed by atoms with E-state index in [4.69, 9.17) is 4.55 Å². The van der Waals surface area contributed by atoms with Crippen LogP contribution in [0.25, 0.3) is 0 Å². The van der Waals surface area contributed by atoms with E-state index < -0.39 is 11.3 Å². The molecular formula is C21H23N3O4S2. The Morgan fingerprint density at radius 1 is 1.20 bits per heavy atom. The van der Waals surface area contributed by atoms with Gasteiger partial charge in [0.05, 0.1) is 18.2 Å². The number of nitrogens with one attached hydrogen (secondary N) is 2. The second-order valence-electron chi connectivity index (χ2n) is 6.75. The van der Waals surface area contributed by atoms with Crippen LogP contribution in [0.4, 0.5) is 5.69 Å². The highest BCUT2D eigenvalue weighted by atomic mass is 32.2. The van der Waals surface area contributed by atoms with Crippen LogP contribution >= 0.6 is 11.3 Å². The third kappa shape index (κ3) is 6.38. The van der Waals surface area contributed by atoms with E-state index in [0.717, 1.165) is 28.2 Å². The van der Waals surface area contributed by atoms with E-state index in [1.165, 1.54) is 11.3 Å². The third-order valence-electron chi connectivity index (χ3n) is 4.44. The summed E-state index contributed by atoms with van der Waals surface area (Å²) in [5.74, 6) is -0.0327. The summed E-state index contributed by atoms with van der Waals surface area (Å²) in [5.41, 5.74) is 3.20. The molecule has 3 rings (SSSR count). The second-order valence-corrected chi connectivity index (χ2v) is 8.34. The molecule has 0 radical (unpaired) electrons. The maximum Gasteiger partial charge on any atom is 0.259 e. The van der Waals surface area contributed by atoms with Crippen molar-refractivity contribution in [2.45, 2.75) is 32.2 Å². The number of carbonyl (C=O) groups excluding carboxylic acids is 1. The molecule has 0 bridgehead atoms. The number of aryl methyl sites for hydroxylation is 1. The Bertz CT molecular complexity index is 1020. The van der Waals surface area contributed by atoms with Crippen LogP contribution in [0, 0.1) is 0 Å². The summed E-state index contributed by atoms with van der Waals surface area (Å²) in [7, 11) is 0. The molecule has 2 atom stereocenters. The number of benzene rings is 2. The lowest BCUT2D eigenvalue weighted by Gasteiger charge is -2.17. The Labute approximate surface area is 181 Å². The summed E-state index contributed by atoms with van der Waals surface area (Å²) in [6, 6.07) is 13.5. The van der Waals surface area contributed by atoms with E-state index in [2.05, 4.69) is 15.0 Å². The monoisotopic (exact) mass is 445 g/mol. The number of anilines is 1. The molecule has 0 saturated carbocycles. The van der Waals surface area contributed by atoms with Gasteiger partial charge in [0.25, 0.3) is 11.3 Å². The first-order chi connectivity index (χ1) is 14.4. The molecule has 4 N–H and O–H groups in total. The molecule has 0 aliphatic carbocycles. The van der Waals surface area contributed by atoms with Crippen molar-refractivity contribution < 1.29 is 18.7 Å². The van der Waals surface area contributed by atoms with Crippen LogP contribution in [0.5, 0.6) is 5.75 Å². The van der Waals surface area contributed by atoms with Crippen molar-refractivity contribution in [1.29, 1.82) is 0 Å². The molecule has 0 spiro atoms. The van der Waals surface area contributed by atoms with E-state index >= 15 is 0 Å². The number of aromatic nitrogens is 1. The van der Waals surface area contributed by atoms with E-state index in [1.807, 2.05) is 24.4 Å². The van der Waals surface area contributed by atoms with Gasteiger partial charge in [-0.15, -0.1) is 11.3 Å². The van der Waals surface area contributed by atoms with Gasteiger partial charge < -0.3 is 10.4 Å². The Balaban J connectivity index is 1.74. The van der Waals surface area contributed by atoms with Crippen LogP contribution in [0.1, 0.15) is 34.8 Å². The molecule has 1 heterocycles. The quantitative estimate of drug-likeness (QED) is 0.376. The minimum atomic E-state index is -2.12. The number of aromatic hydroxyl groups is 1. The highest BCUT2D eigenvalue weighted by molar-refractivity contribution is 7.80. The number of phenols is 1. The van der Waals surface area contributed by atoms with Gasteiger partial charge in [0.15, 0.2) is 0 Å². The van der Waals surface area contributed by atoms with Crippen molar-refractivity contribution in [2.24, 2.45) is 0 Å². The second kappa shape index (κ2) is 10.3. The van der Waals surface area contributed by atoms with Crippen molar-refractivity contribution in [3.8, 4) is 5.75 Å². The molecule has 9 heteroatoms. The standard InChI is InChI=1S/C21H23N3O4S2/c1-2-16-13-29-21(22-16)19(11-14-6-8-17(9-7-14)24-30(27)28)23-20(26)12-15-4-3-5-18(25)10-15/h3-10,13,19,24-25H,2,11-12H2,1H3,(H,23,26)(H,27,28)/t19-/m0/s1. The molecule has 1 aromatic heterocycles. The van der Waals surface area contributed by atoms with Crippen LogP contribution in [0.15, 0.2) is 53.9 Å². The summed E-state index contributed by atoms with van der Waals surface area (Å²) in [6.07, 6.45) is 1.51. The average molecular weight is 446 g/mol. The highest BCUT2D eigenvalue weighted by Crippen LogP contribution is 2.24. The fraction of sp³-hybridized carbons (Fsp3) is 0.238. The van der Waals surface area contributed by atoms with Crippen LogP contribution in [-0.2, 0) is 35.3 Å². The van der Waals surface area contributed by atoms with Crippen molar-refractivity contribution in [3.05, 3.63) is 75.7 Å². The van der Waals surface area contributed by atoms with Crippen LogP contribution in [0.2, 0.25) is 0 Å². The number of hydrogen-bond donors (Lipinski definition) is 4. The summed E-state index contributed by atoms with van der Waals surface area (Å²) in [5, 5.41) is 15.5. The first-order valence-electron chi connectivity index (χ1n) is 9.41. The fourth-order valence-corrected chi connectivity index (χ4v) is 4.28. The molecule has 0 aliphatic heterocycles. The average Bonchev–Trinajstić information content (AvgIpc) is 3.18. The minimum absolute atomic E-state index is 0.127. The van der Waals surface area contributed by atoms with Gasteiger partial charge in [0.2, 0.25) is 5.91 Å². The predicted octanol–water partition coefficient (Wildman–Crippen LogP) is 3.60. The molecule has 2 aromatic carbocycles. The van der Waals surface area contributed by atoms with Crippen molar-refractivity contribution in [1.82, 2.24) is 10.3 Å². The molecular weight excluding hydrogens is 422 g/mol. The number of thiazole rings is 1. The fourth-order valence-electron chi connectivity index (χ4n) is 2.99.